The van der Waals surface area contributed by atoms with Crippen molar-refractivity contribution < 1.29 is 9.53 Å². The van der Waals surface area contributed by atoms with E-state index < -0.39 is 0 Å². The predicted octanol–water partition coefficient (Wildman–Crippen LogP) is 2.66. The van der Waals surface area contributed by atoms with Crippen LogP contribution in [0, 0.1) is 0 Å². The first-order valence-electron chi connectivity index (χ1n) is 8.62. The molecule has 0 unspecified atom stereocenters. The van der Waals surface area contributed by atoms with E-state index in [0.29, 0.717) is 6.54 Å². The van der Waals surface area contributed by atoms with Crippen LogP contribution in [0.1, 0.15) is 32.1 Å². The zero-order valence-corrected chi connectivity index (χ0v) is 15.2. The van der Waals surface area contributed by atoms with Crippen LogP contribution in [0.2, 0.25) is 0 Å². The predicted molar refractivity (Wildman–Crippen MR) is 99.1 cm³/mol. The van der Waals surface area contributed by atoms with Crippen LogP contribution in [-0.2, 0) is 4.79 Å². The first-order chi connectivity index (χ1) is 11.2. The number of nitrogens with one attached hydrogen (secondary N) is 2. The Labute approximate surface area is 150 Å². The molecule has 6 heteroatoms. The summed E-state index contributed by atoms with van der Waals surface area (Å²) in [7, 11) is 1.63. The van der Waals surface area contributed by atoms with Crippen LogP contribution in [-0.4, -0.2) is 49.6 Å². The molecule has 3 rings (SSSR count). The average Bonchev–Trinajstić information content (AvgIpc) is 2.58. The summed E-state index contributed by atoms with van der Waals surface area (Å²) in [6.07, 6.45) is 6.27. The fourth-order valence-electron chi connectivity index (χ4n) is 3.91. The van der Waals surface area contributed by atoms with Gasteiger partial charge in [0.15, 0.2) is 0 Å². The maximum atomic E-state index is 12.5. The molecule has 1 heterocycles. The van der Waals surface area contributed by atoms with Gasteiger partial charge in [-0.05, 0) is 25.0 Å². The Morgan fingerprint density at radius 2 is 2.12 bits per heavy atom. The third kappa shape index (κ3) is 4.41. The molecule has 1 saturated carbocycles. The number of rotatable bonds is 4. The highest BCUT2D eigenvalue weighted by molar-refractivity contribution is 5.92. The lowest BCUT2D eigenvalue weighted by molar-refractivity contribution is -0.120. The molecule has 5 nitrogen and oxygen atoms in total. The number of benzene rings is 1. The Morgan fingerprint density at radius 1 is 1.33 bits per heavy atom. The molecule has 0 bridgehead atoms. The van der Waals surface area contributed by atoms with Crippen molar-refractivity contribution in [2.45, 2.75) is 37.6 Å². The molecule has 0 radical (unpaired) electrons. The van der Waals surface area contributed by atoms with E-state index in [1.807, 2.05) is 24.3 Å². The molecule has 2 fully saturated rings. The van der Waals surface area contributed by atoms with Crippen LogP contribution in [0.15, 0.2) is 24.3 Å². The third-order valence-corrected chi connectivity index (χ3v) is 5.16. The summed E-state index contributed by atoms with van der Waals surface area (Å²) < 4.78 is 5.21. The van der Waals surface area contributed by atoms with E-state index in [1.165, 1.54) is 32.1 Å². The Hall–Kier alpha value is -1.30. The lowest BCUT2D eigenvalue weighted by Gasteiger charge is -2.49. The number of hydrogen-bond acceptors (Lipinski definition) is 4. The Balaban J connectivity index is 0.00000208. The number of halogens is 1. The summed E-state index contributed by atoms with van der Waals surface area (Å²) in [5, 5.41) is 6.53. The second-order valence-electron chi connectivity index (χ2n) is 6.66. The smallest absolute Gasteiger partial charge is 0.238 e. The summed E-state index contributed by atoms with van der Waals surface area (Å²) in [5.74, 6) is 0.818. The van der Waals surface area contributed by atoms with Crippen LogP contribution >= 0.6 is 12.4 Å². The van der Waals surface area contributed by atoms with E-state index in [2.05, 4.69) is 15.5 Å². The normalized spacial score (nSPS) is 20.2. The number of methoxy groups -OCH3 is 1. The summed E-state index contributed by atoms with van der Waals surface area (Å²) in [6.45, 7) is 3.40. The number of anilines is 1. The number of ether oxygens (including phenoxy) is 1. The van der Waals surface area contributed by atoms with Gasteiger partial charge in [-0.3, -0.25) is 9.69 Å². The fraction of sp³-hybridized carbons (Fsp3) is 0.611. The third-order valence-electron chi connectivity index (χ3n) is 5.16. The second-order valence-corrected chi connectivity index (χ2v) is 6.66. The van der Waals surface area contributed by atoms with Gasteiger partial charge in [-0.1, -0.05) is 25.3 Å². The Kier molecular flexibility index (Phi) is 6.90. The number of nitrogens with zero attached hydrogens (tertiary/aromatic N) is 1. The standard InChI is InChI=1S/C18H27N3O2.ClH/c1-23-16-7-5-6-15(12-16)20-17(22)13-21-11-10-19-14-18(21)8-3-2-4-9-18;/h5-7,12,19H,2-4,8-11,13-14H2,1H3,(H,20,22);1H. The lowest BCUT2D eigenvalue weighted by atomic mass is 9.79. The molecule has 1 amide bonds. The molecule has 0 aromatic heterocycles. The number of amides is 1. The summed E-state index contributed by atoms with van der Waals surface area (Å²) >= 11 is 0. The van der Waals surface area contributed by atoms with Crippen LogP contribution in [0.4, 0.5) is 5.69 Å². The summed E-state index contributed by atoms with van der Waals surface area (Å²) in [6, 6.07) is 7.52. The number of carbonyl (C=O) groups is 1. The molecule has 24 heavy (non-hydrogen) atoms. The molecule has 1 aromatic rings. The van der Waals surface area contributed by atoms with Gasteiger partial charge >= 0.3 is 0 Å². The molecular formula is C18H28ClN3O2. The van der Waals surface area contributed by atoms with E-state index in [4.69, 9.17) is 4.74 Å². The second kappa shape index (κ2) is 8.70. The van der Waals surface area contributed by atoms with Crippen molar-refractivity contribution in [3.8, 4) is 5.75 Å². The van der Waals surface area contributed by atoms with Gasteiger partial charge in [-0.15, -0.1) is 12.4 Å². The van der Waals surface area contributed by atoms with Gasteiger partial charge in [0.25, 0.3) is 0 Å². The molecule has 1 saturated heterocycles. The van der Waals surface area contributed by atoms with E-state index in [9.17, 15) is 4.79 Å². The minimum atomic E-state index is 0. The summed E-state index contributed by atoms with van der Waals surface area (Å²) in [4.78, 5) is 14.9. The number of carbonyl (C=O) groups excluding carboxylic acids is 1. The molecule has 0 atom stereocenters. The largest absolute Gasteiger partial charge is 0.497 e. The van der Waals surface area contributed by atoms with Crippen molar-refractivity contribution in [1.82, 2.24) is 10.2 Å². The molecule has 2 N–H and O–H groups in total. The van der Waals surface area contributed by atoms with Crippen molar-refractivity contribution >= 4 is 24.0 Å². The van der Waals surface area contributed by atoms with E-state index in [0.717, 1.165) is 31.1 Å². The van der Waals surface area contributed by atoms with Gasteiger partial charge < -0.3 is 15.4 Å². The average molecular weight is 354 g/mol. The first kappa shape index (κ1) is 19.0. The van der Waals surface area contributed by atoms with Crippen LogP contribution in [0.25, 0.3) is 0 Å². The topological polar surface area (TPSA) is 53.6 Å². The summed E-state index contributed by atoms with van der Waals surface area (Å²) in [5.41, 5.74) is 0.976. The van der Waals surface area contributed by atoms with Crippen LogP contribution in [0.5, 0.6) is 5.75 Å². The molecule has 1 spiro atoms. The van der Waals surface area contributed by atoms with Crippen LogP contribution in [0.3, 0.4) is 0 Å². The number of hydrogen-bond donors (Lipinski definition) is 2. The van der Waals surface area contributed by atoms with Crippen molar-refractivity contribution in [2.75, 3.05) is 38.6 Å². The van der Waals surface area contributed by atoms with Gasteiger partial charge in [0.05, 0.1) is 13.7 Å². The minimum Gasteiger partial charge on any atom is -0.497 e. The highest BCUT2D eigenvalue weighted by atomic mass is 35.5. The quantitative estimate of drug-likeness (QED) is 0.873. The van der Waals surface area contributed by atoms with Crippen molar-refractivity contribution in [3.63, 3.8) is 0 Å². The lowest BCUT2D eigenvalue weighted by Crippen LogP contribution is -2.63. The van der Waals surface area contributed by atoms with E-state index >= 15 is 0 Å². The molecule has 1 aromatic carbocycles. The van der Waals surface area contributed by atoms with Crippen LogP contribution < -0.4 is 15.4 Å². The molecule has 2 aliphatic rings. The van der Waals surface area contributed by atoms with E-state index in [-0.39, 0.29) is 23.9 Å². The van der Waals surface area contributed by atoms with Crippen molar-refractivity contribution in [3.05, 3.63) is 24.3 Å². The highest BCUT2D eigenvalue weighted by Gasteiger charge is 2.40. The molecule has 134 valence electrons. The number of piperazine rings is 1. The first-order valence-corrected chi connectivity index (χ1v) is 8.62. The van der Waals surface area contributed by atoms with E-state index in [1.54, 1.807) is 7.11 Å². The van der Waals surface area contributed by atoms with Crippen molar-refractivity contribution in [2.24, 2.45) is 0 Å². The van der Waals surface area contributed by atoms with Crippen molar-refractivity contribution in [1.29, 1.82) is 0 Å². The van der Waals surface area contributed by atoms with Gasteiger partial charge in [0.1, 0.15) is 5.75 Å². The molecule has 1 aliphatic carbocycles. The van der Waals surface area contributed by atoms with Gasteiger partial charge in [0, 0.05) is 36.9 Å². The highest BCUT2D eigenvalue weighted by Crippen LogP contribution is 2.34. The zero-order chi connectivity index (χ0) is 16.1. The molecular weight excluding hydrogens is 326 g/mol. The SMILES string of the molecule is COc1cccc(NC(=O)CN2CCNCC23CCCCC3)c1.Cl. The minimum absolute atomic E-state index is 0. The zero-order valence-electron chi connectivity index (χ0n) is 14.3. The van der Waals surface area contributed by atoms with Gasteiger partial charge in [-0.2, -0.15) is 0 Å². The van der Waals surface area contributed by atoms with Gasteiger partial charge in [0.2, 0.25) is 5.91 Å². The van der Waals surface area contributed by atoms with Gasteiger partial charge in [-0.25, -0.2) is 0 Å². The monoisotopic (exact) mass is 353 g/mol. The fourth-order valence-corrected chi connectivity index (χ4v) is 3.91. The molecule has 1 aliphatic heterocycles. The Morgan fingerprint density at radius 3 is 2.88 bits per heavy atom. The maximum absolute atomic E-state index is 12.5. The Bertz CT molecular complexity index is 539. The maximum Gasteiger partial charge on any atom is 0.238 e.